The van der Waals surface area contributed by atoms with E-state index >= 15 is 0 Å². The van der Waals surface area contributed by atoms with E-state index in [1.54, 1.807) is 12.3 Å². The minimum atomic E-state index is -4.11. The van der Waals surface area contributed by atoms with Crippen molar-refractivity contribution in [1.29, 1.82) is 0 Å². The van der Waals surface area contributed by atoms with E-state index in [0.29, 0.717) is 55.4 Å². The number of hydrogen-bond donors (Lipinski definition) is 0. The van der Waals surface area contributed by atoms with E-state index in [9.17, 15) is 17.2 Å². The highest BCUT2D eigenvalue weighted by Crippen LogP contribution is 2.43. The van der Waals surface area contributed by atoms with Crippen LogP contribution in [0.4, 0.5) is 8.78 Å². The zero-order chi connectivity index (χ0) is 37.7. The van der Waals surface area contributed by atoms with Crippen LogP contribution in [-0.4, -0.2) is 93.8 Å². The maximum absolute atomic E-state index is 14.7. The summed E-state index contributed by atoms with van der Waals surface area (Å²) in [7, 11) is -4.11. The number of pyridine rings is 3. The molecule has 0 radical (unpaired) electrons. The third kappa shape index (κ3) is 7.37. The monoisotopic (exact) mass is 753 g/mol. The Hall–Kier alpha value is -3.79. The average molecular weight is 754 g/mol. The predicted octanol–water partition coefficient (Wildman–Crippen LogP) is 6.17. The van der Waals surface area contributed by atoms with E-state index in [1.165, 1.54) is 21.5 Å². The predicted molar refractivity (Wildman–Crippen MR) is 194 cm³/mol. The van der Waals surface area contributed by atoms with E-state index in [0.717, 1.165) is 42.0 Å². The lowest BCUT2D eigenvalue weighted by Gasteiger charge is -2.38. The molecule has 1 spiro atoms. The zero-order valence-electron chi connectivity index (χ0n) is 31.4. The van der Waals surface area contributed by atoms with Gasteiger partial charge in [-0.3, -0.25) is 14.3 Å². The molecule has 286 valence electrons. The number of aryl methyl sites for hydroxylation is 3. The Labute approximate surface area is 309 Å². The van der Waals surface area contributed by atoms with Crippen molar-refractivity contribution in [1.82, 2.24) is 33.8 Å². The highest BCUT2D eigenvalue weighted by Gasteiger charge is 2.46. The van der Waals surface area contributed by atoms with Gasteiger partial charge in [0.15, 0.2) is 5.65 Å². The van der Waals surface area contributed by atoms with Crippen LogP contribution in [-0.2, 0) is 21.3 Å². The Morgan fingerprint density at radius 2 is 1.74 bits per heavy atom. The number of aromatic nitrogens is 5. The second-order valence-corrected chi connectivity index (χ2v) is 17.6. The highest BCUT2D eigenvalue weighted by atomic mass is 32.2. The van der Waals surface area contributed by atoms with Gasteiger partial charge in [-0.15, -0.1) is 10.2 Å². The summed E-state index contributed by atoms with van der Waals surface area (Å²) in [4.78, 5) is 12.2. The van der Waals surface area contributed by atoms with Crippen LogP contribution in [0.15, 0.2) is 35.4 Å². The molecule has 0 aromatic carbocycles. The summed E-state index contributed by atoms with van der Waals surface area (Å²) in [6.45, 7) is 16.2. The lowest BCUT2D eigenvalue weighted by molar-refractivity contribution is -0.0557. The van der Waals surface area contributed by atoms with Crippen LogP contribution >= 0.6 is 0 Å². The lowest BCUT2D eigenvalue weighted by atomic mass is 9.73. The van der Waals surface area contributed by atoms with Gasteiger partial charge in [-0.1, -0.05) is 26.8 Å². The Balaban J connectivity index is 1.24. The van der Waals surface area contributed by atoms with Crippen molar-refractivity contribution in [2.45, 2.75) is 96.6 Å². The van der Waals surface area contributed by atoms with Crippen molar-refractivity contribution in [2.24, 2.45) is 5.41 Å². The first-order chi connectivity index (χ1) is 25.2. The van der Waals surface area contributed by atoms with Crippen LogP contribution in [0.2, 0.25) is 0 Å². The largest absolute Gasteiger partial charge is 0.476 e. The van der Waals surface area contributed by atoms with Gasteiger partial charge in [0.25, 0.3) is 6.43 Å². The quantitative estimate of drug-likeness (QED) is 0.196. The summed E-state index contributed by atoms with van der Waals surface area (Å²) in [6.07, 6.45) is 2.19. The third-order valence-corrected chi connectivity index (χ3v) is 12.6. The molecule has 4 aromatic rings. The Kier molecular flexibility index (Phi) is 10.2. The summed E-state index contributed by atoms with van der Waals surface area (Å²) in [5.74, 6) is -0.258. The molecule has 15 heteroatoms. The lowest BCUT2D eigenvalue weighted by Crippen LogP contribution is -2.50. The van der Waals surface area contributed by atoms with Crippen molar-refractivity contribution in [2.75, 3.05) is 46.0 Å². The van der Waals surface area contributed by atoms with E-state index < -0.39 is 27.9 Å². The van der Waals surface area contributed by atoms with Gasteiger partial charge in [-0.05, 0) is 87.0 Å². The molecule has 1 atom stereocenters. The third-order valence-electron chi connectivity index (χ3n) is 10.9. The van der Waals surface area contributed by atoms with Crippen molar-refractivity contribution in [3.63, 3.8) is 0 Å². The molecule has 0 aliphatic carbocycles. The van der Waals surface area contributed by atoms with Crippen molar-refractivity contribution < 1.29 is 31.4 Å². The maximum Gasteiger partial charge on any atom is 0.297 e. The second-order valence-electron chi connectivity index (χ2n) is 15.7. The molecule has 4 aromatic heterocycles. The molecular formula is C38H49F2N7O5S. The van der Waals surface area contributed by atoms with Crippen LogP contribution in [0.1, 0.15) is 98.3 Å². The Morgan fingerprint density at radius 1 is 1.00 bits per heavy atom. The molecule has 7 heterocycles. The normalized spacial score (nSPS) is 19.7. The summed E-state index contributed by atoms with van der Waals surface area (Å²) in [5.41, 5.74) is 3.55. The molecule has 2 saturated heterocycles. The molecule has 3 aliphatic rings. The first kappa shape index (κ1) is 37.5. The maximum atomic E-state index is 14.7. The fourth-order valence-corrected chi connectivity index (χ4v) is 9.50. The number of rotatable bonds is 9. The minimum Gasteiger partial charge on any atom is -0.476 e. The topological polar surface area (TPSA) is 124 Å². The van der Waals surface area contributed by atoms with Crippen LogP contribution in [0, 0.1) is 26.2 Å². The Morgan fingerprint density at radius 3 is 2.43 bits per heavy atom. The van der Waals surface area contributed by atoms with Gasteiger partial charge in [0.1, 0.15) is 17.1 Å². The molecule has 7 rings (SSSR count). The number of fused-ring (bicyclic) bond motifs is 2. The number of ether oxygens (including phenoxy) is 3. The molecular weight excluding hydrogens is 705 g/mol. The first-order valence-electron chi connectivity index (χ1n) is 18.4. The average Bonchev–Trinajstić information content (AvgIpc) is 3.77. The van der Waals surface area contributed by atoms with Gasteiger partial charge in [0.2, 0.25) is 27.6 Å². The highest BCUT2D eigenvalue weighted by molar-refractivity contribution is 7.89. The summed E-state index contributed by atoms with van der Waals surface area (Å²) < 4.78 is 77.9. The standard InChI is InChI=1S/C38H49F2N7O5S/c1-24-9-10-28(31(37(4,5)6)27-11-16-47-33(26(27)3)43-44-34(47)32(39)40)41-29(24)22-46-23-38(12-18-50-19-13-38)52-36-30(53(46,48)49)21-25(2)35(42-36)51-20-17-45-14-7-8-15-45/h9-11,16,21,31-32H,7-8,12-15,17-20,22-23H2,1-6H3. The van der Waals surface area contributed by atoms with Gasteiger partial charge < -0.3 is 14.2 Å². The number of likely N-dealkylation sites (tertiary alicyclic amines) is 1. The molecule has 2 fully saturated rings. The molecule has 0 N–H and O–H groups in total. The van der Waals surface area contributed by atoms with Crippen molar-refractivity contribution in [3.05, 3.63) is 69.9 Å². The fourth-order valence-electron chi connectivity index (χ4n) is 7.89. The van der Waals surface area contributed by atoms with Gasteiger partial charge in [-0.25, -0.2) is 17.2 Å². The van der Waals surface area contributed by atoms with Crippen LogP contribution in [0.25, 0.3) is 5.65 Å². The number of nitrogens with zero attached hydrogens (tertiary/aromatic N) is 7. The number of alkyl halides is 2. The molecule has 53 heavy (non-hydrogen) atoms. The molecule has 0 saturated carbocycles. The number of sulfonamides is 1. The fraction of sp³-hybridized carbons (Fsp3) is 0.579. The number of halogens is 2. The number of hydrogen-bond acceptors (Lipinski definition) is 10. The molecule has 0 amide bonds. The molecule has 3 aliphatic heterocycles. The van der Waals surface area contributed by atoms with E-state index in [4.69, 9.17) is 24.2 Å². The van der Waals surface area contributed by atoms with Gasteiger partial charge in [0.05, 0.1) is 32.0 Å². The summed E-state index contributed by atoms with van der Waals surface area (Å²) in [5, 5.41) is 7.84. The van der Waals surface area contributed by atoms with Gasteiger partial charge in [-0.2, -0.15) is 9.29 Å². The SMILES string of the molecule is Cc1ccc(C(c2ccn3c(C(F)F)nnc3c2C)C(C)(C)C)nc1CN1CC2(CCOCC2)Oc2nc(OCCN3CCCC3)c(C)cc2S1(=O)=O. The van der Waals surface area contributed by atoms with Crippen LogP contribution in [0.3, 0.4) is 0 Å². The molecule has 12 nitrogen and oxygen atoms in total. The van der Waals surface area contributed by atoms with Crippen LogP contribution in [0.5, 0.6) is 11.8 Å². The first-order valence-corrected chi connectivity index (χ1v) is 19.8. The van der Waals surface area contributed by atoms with Gasteiger partial charge in [0, 0.05) is 42.8 Å². The Bertz CT molecular complexity index is 2090. The molecule has 1 unspecified atom stereocenters. The smallest absolute Gasteiger partial charge is 0.297 e. The van der Waals surface area contributed by atoms with Crippen molar-refractivity contribution in [3.8, 4) is 11.8 Å². The van der Waals surface area contributed by atoms with Crippen LogP contribution < -0.4 is 9.47 Å². The summed E-state index contributed by atoms with van der Waals surface area (Å²) in [6, 6.07) is 7.37. The van der Waals surface area contributed by atoms with E-state index in [-0.39, 0.29) is 35.2 Å². The summed E-state index contributed by atoms with van der Waals surface area (Å²) >= 11 is 0. The zero-order valence-corrected chi connectivity index (χ0v) is 32.2. The van der Waals surface area contributed by atoms with Crippen molar-refractivity contribution >= 4 is 15.7 Å². The van der Waals surface area contributed by atoms with E-state index in [1.807, 2.05) is 39.0 Å². The minimum absolute atomic E-state index is 0.00652. The van der Waals surface area contributed by atoms with Gasteiger partial charge >= 0.3 is 0 Å². The second kappa shape index (κ2) is 14.5. The van der Waals surface area contributed by atoms with E-state index in [2.05, 4.69) is 35.9 Å². The molecule has 0 bridgehead atoms.